The van der Waals surface area contributed by atoms with Gasteiger partial charge in [-0.1, -0.05) is 0 Å². The van der Waals surface area contributed by atoms with Gasteiger partial charge in [-0.05, 0) is 31.6 Å². The van der Waals surface area contributed by atoms with Crippen molar-refractivity contribution in [2.24, 2.45) is 5.92 Å². The highest BCUT2D eigenvalue weighted by Crippen LogP contribution is 2.31. The Balaban J connectivity index is 1.47. The van der Waals surface area contributed by atoms with Gasteiger partial charge in [0.15, 0.2) is 0 Å². The maximum atomic E-state index is 13.1. The van der Waals surface area contributed by atoms with E-state index in [1.165, 1.54) is 6.07 Å². The number of likely N-dealkylation sites (tertiary alicyclic amines) is 1. The van der Waals surface area contributed by atoms with E-state index in [0.717, 1.165) is 25.8 Å². The van der Waals surface area contributed by atoms with Crippen LogP contribution in [0.2, 0.25) is 0 Å². The van der Waals surface area contributed by atoms with Crippen LogP contribution in [0.1, 0.15) is 48.2 Å². The van der Waals surface area contributed by atoms with Crippen molar-refractivity contribution in [1.29, 1.82) is 0 Å². The van der Waals surface area contributed by atoms with Gasteiger partial charge in [-0.15, -0.1) is 0 Å². The van der Waals surface area contributed by atoms with Gasteiger partial charge in [0.1, 0.15) is 11.3 Å². The molecule has 1 saturated heterocycles. The molecule has 0 radical (unpaired) electrons. The Morgan fingerprint density at radius 2 is 2.07 bits per heavy atom. The monoisotopic (exact) mass is 403 g/mol. The molecule has 2 amide bonds. The van der Waals surface area contributed by atoms with E-state index in [4.69, 9.17) is 9.47 Å². The van der Waals surface area contributed by atoms with E-state index >= 15 is 0 Å². The summed E-state index contributed by atoms with van der Waals surface area (Å²) in [7, 11) is 0. The zero-order valence-corrected chi connectivity index (χ0v) is 16.8. The van der Waals surface area contributed by atoms with Crippen LogP contribution < -0.4 is 15.6 Å². The maximum absolute atomic E-state index is 13.1. The molecule has 3 aliphatic rings. The molecule has 0 spiro atoms. The van der Waals surface area contributed by atoms with Gasteiger partial charge in [-0.3, -0.25) is 14.4 Å². The maximum Gasteiger partial charge on any atom is 0.256 e. The lowest BCUT2D eigenvalue weighted by molar-refractivity contribution is -0.127. The van der Waals surface area contributed by atoms with Crippen LogP contribution in [0.15, 0.2) is 10.9 Å². The third-order valence-electron chi connectivity index (χ3n) is 5.78. The highest BCUT2D eigenvalue weighted by molar-refractivity contribution is 5.98. The largest absolute Gasteiger partial charge is 0.492 e. The van der Waals surface area contributed by atoms with Gasteiger partial charge in [0.2, 0.25) is 5.91 Å². The minimum absolute atomic E-state index is 0.152. The molecule has 1 aromatic rings. The minimum Gasteiger partial charge on any atom is -0.492 e. The van der Waals surface area contributed by atoms with Gasteiger partial charge in [0, 0.05) is 50.8 Å². The van der Waals surface area contributed by atoms with Crippen LogP contribution >= 0.6 is 0 Å². The molecule has 29 heavy (non-hydrogen) atoms. The van der Waals surface area contributed by atoms with Crippen LogP contribution in [0.4, 0.5) is 0 Å². The summed E-state index contributed by atoms with van der Waals surface area (Å²) in [5.41, 5.74) is 0.987. The Kier molecular flexibility index (Phi) is 6.18. The molecule has 1 N–H and O–H groups in total. The van der Waals surface area contributed by atoms with Crippen molar-refractivity contribution >= 4 is 11.8 Å². The predicted octanol–water partition coefficient (Wildman–Crippen LogP) is 0.952. The van der Waals surface area contributed by atoms with E-state index in [0.29, 0.717) is 81.6 Å². The number of rotatable bonds is 8. The number of carbonyl (C=O) groups excluding carboxylic acids is 2. The first-order valence-corrected chi connectivity index (χ1v) is 10.7. The molecule has 1 aromatic heterocycles. The average Bonchev–Trinajstić information content (AvgIpc) is 3.49. The molecule has 8 heteroatoms. The first kappa shape index (κ1) is 19.9. The highest BCUT2D eigenvalue weighted by atomic mass is 16.5. The number of hydrogen-bond acceptors (Lipinski definition) is 5. The molecule has 8 nitrogen and oxygen atoms in total. The summed E-state index contributed by atoms with van der Waals surface area (Å²) in [5, 5.41) is 2.96. The Hall–Kier alpha value is -2.35. The Morgan fingerprint density at radius 3 is 2.83 bits per heavy atom. The second kappa shape index (κ2) is 8.98. The lowest BCUT2D eigenvalue weighted by Gasteiger charge is -2.19. The first-order valence-electron chi connectivity index (χ1n) is 10.7. The summed E-state index contributed by atoms with van der Waals surface area (Å²) in [4.78, 5) is 39.2. The molecular formula is C21H29N3O5. The fraction of sp³-hybridized carbons (Fsp3) is 0.667. The van der Waals surface area contributed by atoms with Gasteiger partial charge >= 0.3 is 0 Å². The number of pyridine rings is 1. The summed E-state index contributed by atoms with van der Waals surface area (Å²) in [6, 6.07) is 1.44. The number of nitrogens with one attached hydrogen (secondary N) is 1. The van der Waals surface area contributed by atoms with Gasteiger partial charge in [0.25, 0.3) is 11.5 Å². The fourth-order valence-corrected chi connectivity index (χ4v) is 3.95. The van der Waals surface area contributed by atoms with E-state index in [1.807, 2.05) is 4.90 Å². The predicted molar refractivity (Wildman–Crippen MR) is 106 cm³/mol. The fourth-order valence-electron chi connectivity index (χ4n) is 3.95. The molecule has 158 valence electrons. The van der Waals surface area contributed by atoms with E-state index in [-0.39, 0.29) is 17.4 Å². The topological polar surface area (TPSA) is 89.9 Å². The molecule has 0 unspecified atom stereocenters. The molecule has 1 saturated carbocycles. The van der Waals surface area contributed by atoms with Crippen LogP contribution in [-0.2, 0) is 22.5 Å². The smallest absolute Gasteiger partial charge is 0.256 e. The lowest BCUT2D eigenvalue weighted by Crippen LogP contribution is -2.33. The van der Waals surface area contributed by atoms with Gasteiger partial charge in [-0.2, -0.15) is 0 Å². The highest BCUT2D eigenvalue weighted by Gasteiger charge is 2.27. The summed E-state index contributed by atoms with van der Waals surface area (Å²) in [6.45, 7) is 3.85. The third-order valence-corrected chi connectivity index (χ3v) is 5.78. The molecule has 3 heterocycles. The number of carbonyl (C=O) groups is 2. The van der Waals surface area contributed by atoms with Crippen LogP contribution in [0.3, 0.4) is 0 Å². The number of hydrogen-bond donors (Lipinski definition) is 1. The second-order valence-electron chi connectivity index (χ2n) is 8.03. The SMILES string of the molecule is O=C(NCCCN1CCCC1=O)c1c(OCC2CC2)cc(=O)n2c1CCOCC2. The Bertz CT molecular complexity index is 830. The molecular weight excluding hydrogens is 374 g/mol. The van der Waals surface area contributed by atoms with Crippen LogP contribution in [0, 0.1) is 5.92 Å². The summed E-state index contributed by atoms with van der Waals surface area (Å²) in [5.74, 6) is 0.866. The summed E-state index contributed by atoms with van der Waals surface area (Å²) < 4.78 is 13.0. The van der Waals surface area contributed by atoms with Crippen molar-refractivity contribution in [3.8, 4) is 5.75 Å². The first-order chi connectivity index (χ1) is 14.1. The van der Waals surface area contributed by atoms with Gasteiger partial charge in [0.05, 0.1) is 19.8 Å². The van der Waals surface area contributed by atoms with Crippen LogP contribution in [0.5, 0.6) is 5.75 Å². The molecule has 0 bridgehead atoms. The van der Waals surface area contributed by atoms with E-state index in [2.05, 4.69) is 5.32 Å². The van der Waals surface area contributed by atoms with Crippen LogP contribution in [-0.4, -0.2) is 60.7 Å². The molecule has 0 atom stereocenters. The number of nitrogens with zero attached hydrogens (tertiary/aromatic N) is 2. The summed E-state index contributed by atoms with van der Waals surface area (Å²) >= 11 is 0. The number of fused-ring (bicyclic) bond motifs is 1. The molecule has 2 fully saturated rings. The Morgan fingerprint density at radius 1 is 1.21 bits per heavy atom. The quantitative estimate of drug-likeness (QED) is 0.653. The average molecular weight is 403 g/mol. The second-order valence-corrected chi connectivity index (χ2v) is 8.03. The Labute approximate surface area is 170 Å². The number of ether oxygens (including phenoxy) is 2. The van der Waals surface area contributed by atoms with E-state index < -0.39 is 0 Å². The number of aromatic nitrogens is 1. The van der Waals surface area contributed by atoms with Crippen molar-refractivity contribution in [2.45, 2.75) is 45.1 Å². The molecule has 2 aliphatic heterocycles. The van der Waals surface area contributed by atoms with Crippen molar-refractivity contribution in [3.63, 3.8) is 0 Å². The van der Waals surface area contributed by atoms with Crippen molar-refractivity contribution in [2.75, 3.05) is 39.5 Å². The van der Waals surface area contributed by atoms with Gasteiger partial charge in [-0.25, -0.2) is 0 Å². The van der Waals surface area contributed by atoms with E-state index in [9.17, 15) is 14.4 Å². The lowest BCUT2D eigenvalue weighted by atomic mass is 10.1. The zero-order chi connectivity index (χ0) is 20.2. The third kappa shape index (κ3) is 4.80. The van der Waals surface area contributed by atoms with Crippen molar-refractivity contribution in [1.82, 2.24) is 14.8 Å². The standard InChI is InChI=1S/C21H29N3O5/c25-18-3-1-8-23(18)9-2-7-22-21(27)20-16-6-11-28-12-10-24(16)19(26)13-17(20)29-14-15-4-5-15/h13,15H,1-12,14H2,(H,22,27). The summed E-state index contributed by atoms with van der Waals surface area (Å²) in [6.07, 6.45) is 5.01. The van der Waals surface area contributed by atoms with Crippen molar-refractivity contribution in [3.05, 3.63) is 27.7 Å². The van der Waals surface area contributed by atoms with Crippen molar-refractivity contribution < 1.29 is 19.1 Å². The number of amides is 2. The van der Waals surface area contributed by atoms with E-state index in [1.54, 1.807) is 4.57 Å². The molecule has 1 aliphatic carbocycles. The minimum atomic E-state index is -0.228. The van der Waals surface area contributed by atoms with Gasteiger partial charge < -0.3 is 24.3 Å². The molecule has 4 rings (SSSR count). The normalized spacial score (nSPS) is 19.0. The zero-order valence-electron chi connectivity index (χ0n) is 16.8. The molecule has 0 aromatic carbocycles. The van der Waals surface area contributed by atoms with Crippen LogP contribution in [0.25, 0.3) is 0 Å².